The van der Waals surface area contributed by atoms with E-state index in [2.05, 4.69) is 0 Å². The van der Waals surface area contributed by atoms with Gasteiger partial charge in [0.05, 0.1) is 14.2 Å². The first-order valence-electron chi connectivity index (χ1n) is 6.73. The lowest BCUT2D eigenvalue weighted by molar-refractivity contribution is 0.0139. The van der Waals surface area contributed by atoms with E-state index in [1.807, 2.05) is 0 Å². The van der Waals surface area contributed by atoms with Crippen molar-refractivity contribution in [3.8, 4) is 11.5 Å². The van der Waals surface area contributed by atoms with Crippen LogP contribution in [0.15, 0.2) is 12.1 Å². The topological polar surface area (TPSA) is 44.5 Å². The fraction of sp³-hybridized carbons (Fsp3) is 0.600. The molecule has 1 aliphatic carbocycles. The summed E-state index contributed by atoms with van der Waals surface area (Å²) in [4.78, 5) is 0. The maximum absolute atomic E-state index is 14.0. The number of hydrogen-bond acceptors (Lipinski definition) is 3. The molecule has 1 saturated carbocycles. The smallest absolute Gasteiger partial charge is 0.270 e. The quantitative estimate of drug-likeness (QED) is 0.903. The molecule has 0 radical (unpaired) electrons. The Balaban J connectivity index is 2.64. The Morgan fingerprint density at radius 2 is 1.75 bits per heavy atom. The Labute approximate surface area is 118 Å². The van der Waals surface area contributed by atoms with E-state index in [0.717, 1.165) is 26.2 Å². The highest BCUT2D eigenvalue weighted by atomic mass is 19.3. The maximum Gasteiger partial charge on any atom is 0.270 e. The van der Waals surface area contributed by atoms with Crippen LogP contribution in [0, 0.1) is 0 Å². The molecule has 112 valence electrons. The molecule has 1 aliphatic rings. The van der Waals surface area contributed by atoms with E-state index in [1.165, 1.54) is 20.3 Å². The van der Waals surface area contributed by atoms with E-state index in [-0.39, 0.29) is 11.0 Å². The van der Waals surface area contributed by atoms with Gasteiger partial charge >= 0.3 is 0 Å². The van der Waals surface area contributed by atoms with Gasteiger partial charge in [-0.25, -0.2) is 8.78 Å². The molecule has 3 nitrogen and oxygen atoms in total. The van der Waals surface area contributed by atoms with Gasteiger partial charge in [-0.3, -0.25) is 0 Å². The molecule has 20 heavy (non-hydrogen) atoms. The Bertz CT molecular complexity index is 488. The molecule has 0 atom stereocenters. The SMILES string of the molecule is COc1cc(C(C)(F)F)c(C2(CN)CCC2)cc1OC. The summed E-state index contributed by atoms with van der Waals surface area (Å²) in [6, 6.07) is 3.04. The van der Waals surface area contributed by atoms with Gasteiger partial charge in [0, 0.05) is 24.4 Å². The van der Waals surface area contributed by atoms with Gasteiger partial charge in [0.1, 0.15) is 0 Å². The highest BCUT2D eigenvalue weighted by Crippen LogP contribution is 2.49. The van der Waals surface area contributed by atoms with Gasteiger partial charge in [-0.2, -0.15) is 0 Å². The highest BCUT2D eigenvalue weighted by Gasteiger charge is 2.43. The molecule has 0 aliphatic heterocycles. The molecule has 0 amide bonds. The van der Waals surface area contributed by atoms with E-state index in [9.17, 15) is 8.78 Å². The predicted octanol–water partition coefficient (Wildman–Crippen LogP) is 3.20. The summed E-state index contributed by atoms with van der Waals surface area (Å²) in [5.41, 5.74) is 6.09. The lowest BCUT2D eigenvalue weighted by Gasteiger charge is -2.43. The van der Waals surface area contributed by atoms with Crippen LogP contribution in [-0.4, -0.2) is 20.8 Å². The Kier molecular flexibility index (Phi) is 3.91. The minimum atomic E-state index is -2.94. The predicted molar refractivity (Wildman–Crippen MR) is 73.7 cm³/mol. The first kappa shape index (κ1) is 15.0. The molecule has 2 rings (SSSR count). The molecular formula is C15H21F2NO2. The van der Waals surface area contributed by atoms with Crippen molar-refractivity contribution < 1.29 is 18.3 Å². The zero-order valence-electron chi connectivity index (χ0n) is 12.1. The van der Waals surface area contributed by atoms with Crippen molar-refractivity contribution in [2.45, 2.75) is 37.5 Å². The summed E-state index contributed by atoms with van der Waals surface area (Å²) in [6.45, 7) is 1.27. The first-order valence-corrected chi connectivity index (χ1v) is 6.73. The second-order valence-corrected chi connectivity index (χ2v) is 5.48. The second-order valence-electron chi connectivity index (χ2n) is 5.48. The fourth-order valence-electron chi connectivity index (χ4n) is 2.87. The van der Waals surface area contributed by atoms with Crippen LogP contribution in [0.2, 0.25) is 0 Å². The molecule has 2 N–H and O–H groups in total. The molecule has 0 unspecified atom stereocenters. The average molecular weight is 285 g/mol. The largest absolute Gasteiger partial charge is 0.493 e. The number of ether oxygens (including phenoxy) is 2. The van der Waals surface area contributed by atoms with Crippen molar-refractivity contribution >= 4 is 0 Å². The normalized spacial score (nSPS) is 17.5. The summed E-state index contributed by atoms with van der Waals surface area (Å²) in [5.74, 6) is -2.15. The molecule has 0 spiro atoms. The van der Waals surface area contributed by atoms with Gasteiger partial charge in [-0.1, -0.05) is 6.42 Å². The third-order valence-corrected chi connectivity index (χ3v) is 4.27. The summed E-state index contributed by atoms with van der Waals surface area (Å²) < 4.78 is 38.3. The van der Waals surface area contributed by atoms with Crippen LogP contribution in [-0.2, 0) is 11.3 Å². The number of halogens is 2. The van der Waals surface area contributed by atoms with Gasteiger partial charge in [0.15, 0.2) is 11.5 Å². The van der Waals surface area contributed by atoms with Crippen LogP contribution >= 0.6 is 0 Å². The summed E-state index contributed by atoms with van der Waals surface area (Å²) >= 11 is 0. The number of rotatable bonds is 5. The summed E-state index contributed by atoms with van der Waals surface area (Å²) in [7, 11) is 2.94. The monoisotopic (exact) mass is 285 g/mol. The second kappa shape index (κ2) is 5.20. The lowest BCUT2D eigenvalue weighted by Crippen LogP contribution is -2.43. The summed E-state index contributed by atoms with van der Waals surface area (Å²) in [6.07, 6.45) is 2.68. The zero-order valence-corrected chi connectivity index (χ0v) is 12.1. The molecule has 1 aromatic carbocycles. The van der Waals surface area contributed by atoms with E-state index in [0.29, 0.717) is 23.6 Å². The Morgan fingerprint density at radius 1 is 1.20 bits per heavy atom. The van der Waals surface area contributed by atoms with Gasteiger partial charge in [-0.15, -0.1) is 0 Å². The maximum atomic E-state index is 14.0. The van der Waals surface area contributed by atoms with Crippen molar-refractivity contribution in [1.29, 1.82) is 0 Å². The van der Waals surface area contributed by atoms with Crippen molar-refractivity contribution in [3.05, 3.63) is 23.3 Å². The standard InChI is InChI=1S/C15H21F2NO2/c1-14(16,17)10-7-12(19-2)13(20-3)8-11(10)15(9-18)5-4-6-15/h7-8H,4-6,9,18H2,1-3H3. The first-order chi connectivity index (χ1) is 9.38. The molecular weight excluding hydrogens is 264 g/mol. The summed E-state index contributed by atoms with van der Waals surface area (Å²) in [5, 5.41) is 0. The minimum absolute atomic E-state index is 0.0136. The molecule has 0 bridgehead atoms. The molecule has 1 aromatic rings. The third-order valence-electron chi connectivity index (χ3n) is 4.27. The van der Waals surface area contributed by atoms with Crippen LogP contribution in [0.25, 0.3) is 0 Å². The van der Waals surface area contributed by atoms with Crippen molar-refractivity contribution in [1.82, 2.24) is 0 Å². The van der Waals surface area contributed by atoms with E-state index in [4.69, 9.17) is 15.2 Å². The lowest BCUT2D eigenvalue weighted by atomic mass is 9.63. The van der Waals surface area contributed by atoms with Gasteiger partial charge in [0.25, 0.3) is 5.92 Å². The van der Waals surface area contributed by atoms with Gasteiger partial charge < -0.3 is 15.2 Å². The minimum Gasteiger partial charge on any atom is -0.493 e. The van der Waals surface area contributed by atoms with Crippen LogP contribution in [0.4, 0.5) is 8.78 Å². The fourth-order valence-corrected chi connectivity index (χ4v) is 2.87. The zero-order chi connectivity index (χ0) is 15.0. The molecule has 0 saturated heterocycles. The van der Waals surface area contributed by atoms with Crippen molar-refractivity contribution in [2.75, 3.05) is 20.8 Å². The number of benzene rings is 1. The molecule has 0 heterocycles. The molecule has 1 fully saturated rings. The van der Waals surface area contributed by atoms with Crippen LogP contribution < -0.4 is 15.2 Å². The Morgan fingerprint density at radius 3 is 2.10 bits per heavy atom. The van der Waals surface area contributed by atoms with E-state index < -0.39 is 5.92 Å². The Hall–Kier alpha value is -1.36. The van der Waals surface area contributed by atoms with E-state index in [1.54, 1.807) is 6.07 Å². The highest BCUT2D eigenvalue weighted by molar-refractivity contribution is 5.52. The average Bonchev–Trinajstić information content (AvgIpc) is 2.36. The van der Waals surface area contributed by atoms with Gasteiger partial charge in [-0.05, 0) is 30.5 Å². The number of nitrogens with two attached hydrogens (primary N) is 1. The van der Waals surface area contributed by atoms with Crippen LogP contribution in [0.1, 0.15) is 37.3 Å². The van der Waals surface area contributed by atoms with Crippen LogP contribution in [0.3, 0.4) is 0 Å². The third kappa shape index (κ3) is 2.35. The number of hydrogen-bond donors (Lipinski definition) is 1. The van der Waals surface area contributed by atoms with Crippen molar-refractivity contribution in [3.63, 3.8) is 0 Å². The van der Waals surface area contributed by atoms with Gasteiger partial charge in [0.2, 0.25) is 0 Å². The molecule has 5 heteroatoms. The van der Waals surface area contributed by atoms with Crippen LogP contribution in [0.5, 0.6) is 11.5 Å². The van der Waals surface area contributed by atoms with Crippen molar-refractivity contribution in [2.24, 2.45) is 5.73 Å². The van der Waals surface area contributed by atoms with E-state index >= 15 is 0 Å². The number of alkyl halides is 2. The number of methoxy groups -OCH3 is 2. The molecule has 0 aromatic heterocycles.